The van der Waals surface area contributed by atoms with Gasteiger partial charge in [-0.15, -0.1) is 0 Å². The maximum Gasteiger partial charge on any atom is 0.165 e. The smallest absolute Gasteiger partial charge is 0.165 e. The molecule has 51 heavy (non-hydrogen) atoms. The molecule has 0 unspecified atom stereocenters. The molecule has 4 nitrogen and oxygen atoms in total. The van der Waals surface area contributed by atoms with Crippen molar-refractivity contribution in [3.63, 3.8) is 0 Å². The van der Waals surface area contributed by atoms with Crippen LogP contribution in [0, 0.1) is 0 Å². The molecule has 0 N–H and O–H groups in total. The summed E-state index contributed by atoms with van der Waals surface area (Å²) in [6, 6.07) is 55.1. The molecule has 0 atom stereocenters. The number of hydrogen-bond acceptors (Lipinski definition) is 4. The third kappa shape index (κ3) is 5.20. The van der Waals surface area contributed by atoms with Crippen molar-refractivity contribution >= 4 is 44.4 Å². The predicted molar refractivity (Wildman–Crippen MR) is 209 cm³/mol. The zero-order valence-corrected chi connectivity index (χ0v) is 27.8. The van der Waals surface area contributed by atoms with Crippen LogP contribution in [0.3, 0.4) is 0 Å². The van der Waals surface area contributed by atoms with E-state index in [2.05, 4.69) is 146 Å². The minimum absolute atomic E-state index is 0.627. The van der Waals surface area contributed by atoms with Gasteiger partial charge in [-0.2, -0.15) is 0 Å². The van der Waals surface area contributed by atoms with Gasteiger partial charge in [-0.25, -0.2) is 15.0 Å². The summed E-state index contributed by atoms with van der Waals surface area (Å²) in [5.74, 6) is 1.98. The second kappa shape index (κ2) is 12.0. The second-order valence-corrected chi connectivity index (χ2v) is 13.1. The molecule has 10 rings (SSSR count). The quantitative estimate of drug-likeness (QED) is 0.185. The number of para-hydroxylation sites is 1. The number of fused-ring (bicyclic) bond motifs is 5. The first-order chi connectivity index (χ1) is 25.2. The van der Waals surface area contributed by atoms with Gasteiger partial charge in [0.05, 0.1) is 0 Å². The van der Waals surface area contributed by atoms with E-state index in [1.165, 1.54) is 27.6 Å². The number of rotatable bonds is 5. The lowest BCUT2D eigenvalue weighted by molar-refractivity contribution is 0.669. The molecule has 0 radical (unpaired) electrons. The molecule has 7 aromatic carbocycles. The van der Waals surface area contributed by atoms with Gasteiger partial charge in [0, 0.05) is 21.9 Å². The Kier molecular flexibility index (Phi) is 6.91. The molecule has 2 aromatic heterocycles. The van der Waals surface area contributed by atoms with Crippen LogP contribution >= 0.6 is 0 Å². The number of hydrogen-bond donors (Lipinski definition) is 0. The minimum Gasteiger partial charge on any atom is -0.456 e. The molecular weight excluding hydrogens is 623 g/mol. The first-order valence-electron chi connectivity index (χ1n) is 17.4. The highest BCUT2D eigenvalue weighted by Gasteiger charge is 2.23. The van der Waals surface area contributed by atoms with Gasteiger partial charge < -0.3 is 4.42 Å². The van der Waals surface area contributed by atoms with E-state index in [1.807, 2.05) is 18.2 Å². The number of aromatic nitrogens is 3. The molecule has 1 aliphatic carbocycles. The predicted octanol–water partition coefficient (Wildman–Crippen LogP) is 12.1. The Balaban J connectivity index is 1.24. The Hall–Kier alpha value is -6.65. The lowest BCUT2D eigenvalue weighted by Crippen LogP contribution is -2.06. The summed E-state index contributed by atoms with van der Waals surface area (Å²) in [4.78, 5) is 15.9. The first-order valence-corrected chi connectivity index (χ1v) is 17.4. The van der Waals surface area contributed by atoms with Crippen LogP contribution in [0.15, 0.2) is 162 Å². The highest BCUT2D eigenvalue weighted by atomic mass is 16.3. The van der Waals surface area contributed by atoms with Crippen molar-refractivity contribution < 1.29 is 4.42 Å². The molecule has 0 spiro atoms. The van der Waals surface area contributed by atoms with Crippen LogP contribution in [0.5, 0.6) is 0 Å². The zero-order valence-electron chi connectivity index (χ0n) is 27.8. The number of nitrogens with zero attached hydrogens (tertiary/aromatic N) is 3. The Bertz CT molecular complexity index is 2800. The first kappa shape index (κ1) is 29.3. The molecular formula is C47H31N3O. The zero-order chi connectivity index (χ0) is 33.7. The van der Waals surface area contributed by atoms with E-state index in [1.54, 1.807) is 0 Å². The fourth-order valence-corrected chi connectivity index (χ4v) is 7.46. The highest BCUT2D eigenvalue weighted by molar-refractivity contribution is 6.15. The molecule has 0 saturated heterocycles. The maximum atomic E-state index is 6.45. The fraction of sp³-hybridized carbons (Fsp3) is 0.0426. The normalized spacial score (nSPS) is 12.7. The van der Waals surface area contributed by atoms with Gasteiger partial charge in [-0.05, 0) is 92.9 Å². The van der Waals surface area contributed by atoms with Gasteiger partial charge in [0.15, 0.2) is 17.5 Å². The van der Waals surface area contributed by atoms with Crippen LogP contribution in [-0.4, -0.2) is 15.0 Å². The standard InChI is InChI=1S/C47H31N3O/c1-2-10-30(11-3-1)33-18-22-34(23-19-33)39-26-27-42-43(40-16-8-9-17-41(40)51-42)44(39)47-49-45(37-24-20-31-12-4-6-14-35(31)28-37)48-46(50-47)38-25-21-32-13-5-7-15-36(32)29-38/h1-20,22-24,26-29H,21,25H2. The van der Waals surface area contributed by atoms with Crippen LogP contribution in [0.25, 0.3) is 89.4 Å². The summed E-state index contributed by atoms with van der Waals surface area (Å²) in [5.41, 5.74) is 11.7. The van der Waals surface area contributed by atoms with Gasteiger partial charge in [-0.3, -0.25) is 0 Å². The molecule has 0 saturated carbocycles. The highest BCUT2D eigenvalue weighted by Crippen LogP contribution is 2.43. The van der Waals surface area contributed by atoms with Crippen molar-refractivity contribution in [2.24, 2.45) is 0 Å². The third-order valence-corrected chi connectivity index (χ3v) is 10.0. The topological polar surface area (TPSA) is 51.8 Å². The van der Waals surface area contributed by atoms with Crippen LogP contribution in [-0.2, 0) is 6.42 Å². The Labute approximate surface area is 295 Å². The number of benzene rings is 7. The van der Waals surface area contributed by atoms with E-state index in [4.69, 9.17) is 19.4 Å². The maximum absolute atomic E-state index is 6.45. The molecule has 0 fully saturated rings. The van der Waals surface area contributed by atoms with Crippen molar-refractivity contribution in [3.8, 4) is 45.0 Å². The van der Waals surface area contributed by atoms with Crippen molar-refractivity contribution in [3.05, 3.63) is 175 Å². The summed E-state index contributed by atoms with van der Waals surface area (Å²) in [6.07, 6.45) is 4.04. The van der Waals surface area contributed by atoms with E-state index >= 15 is 0 Å². The van der Waals surface area contributed by atoms with Gasteiger partial charge in [0.1, 0.15) is 11.2 Å². The lowest BCUT2D eigenvalue weighted by Gasteiger charge is -2.18. The average molecular weight is 654 g/mol. The summed E-state index contributed by atoms with van der Waals surface area (Å²) >= 11 is 0. The Morgan fingerprint density at radius 1 is 0.451 bits per heavy atom. The molecule has 2 heterocycles. The van der Waals surface area contributed by atoms with E-state index in [0.29, 0.717) is 17.5 Å². The SMILES string of the molecule is C1=C(c2nc(-c3ccc4ccccc4c3)nc(-c3c(-c4ccc(-c5ccccc5)cc4)ccc4oc5ccccc5c34)n2)CCc2ccccc21. The third-order valence-electron chi connectivity index (χ3n) is 10.0. The molecule has 0 amide bonds. The number of furan rings is 1. The van der Waals surface area contributed by atoms with Gasteiger partial charge in [-0.1, -0.05) is 133 Å². The Morgan fingerprint density at radius 2 is 1.14 bits per heavy atom. The van der Waals surface area contributed by atoms with E-state index in [9.17, 15) is 0 Å². The number of allylic oxidation sites excluding steroid dienone is 1. The second-order valence-electron chi connectivity index (χ2n) is 13.1. The van der Waals surface area contributed by atoms with Gasteiger partial charge in [0.2, 0.25) is 0 Å². The van der Waals surface area contributed by atoms with Crippen molar-refractivity contribution in [2.75, 3.05) is 0 Å². The van der Waals surface area contributed by atoms with Gasteiger partial charge >= 0.3 is 0 Å². The van der Waals surface area contributed by atoms with Crippen LogP contribution in [0.4, 0.5) is 0 Å². The molecule has 9 aromatic rings. The molecule has 1 aliphatic rings. The summed E-state index contributed by atoms with van der Waals surface area (Å²) in [7, 11) is 0. The minimum atomic E-state index is 0.627. The van der Waals surface area contributed by atoms with Crippen molar-refractivity contribution in [1.82, 2.24) is 15.0 Å². The fourth-order valence-electron chi connectivity index (χ4n) is 7.46. The number of aryl methyl sites for hydroxylation is 1. The van der Waals surface area contributed by atoms with E-state index in [-0.39, 0.29) is 0 Å². The lowest BCUT2D eigenvalue weighted by atomic mass is 9.91. The summed E-state index contributed by atoms with van der Waals surface area (Å²) in [6.45, 7) is 0. The van der Waals surface area contributed by atoms with Crippen LogP contribution in [0.1, 0.15) is 23.4 Å². The molecule has 0 aliphatic heterocycles. The largest absolute Gasteiger partial charge is 0.456 e. The van der Waals surface area contributed by atoms with Crippen LogP contribution < -0.4 is 0 Å². The van der Waals surface area contributed by atoms with Crippen LogP contribution in [0.2, 0.25) is 0 Å². The molecule has 4 heteroatoms. The van der Waals surface area contributed by atoms with Gasteiger partial charge in [0.25, 0.3) is 0 Å². The monoisotopic (exact) mass is 653 g/mol. The summed E-state index contributed by atoms with van der Waals surface area (Å²) in [5, 5.41) is 4.36. The molecule has 240 valence electrons. The molecule has 0 bridgehead atoms. The average Bonchev–Trinajstić information content (AvgIpc) is 3.59. The van der Waals surface area contributed by atoms with E-state index < -0.39 is 0 Å². The Morgan fingerprint density at radius 3 is 2.04 bits per heavy atom. The van der Waals surface area contributed by atoms with Crippen molar-refractivity contribution in [1.29, 1.82) is 0 Å². The van der Waals surface area contributed by atoms with Crippen molar-refractivity contribution in [2.45, 2.75) is 12.8 Å². The van der Waals surface area contributed by atoms with E-state index in [0.717, 1.165) is 68.0 Å². The summed E-state index contributed by atoms with van der Waals surface area (Å²) < 4.78 is 6.45.